The van der Waals surface area contributed by atoms with Gasteiger partial charge in [-0.05, 0) is 61.0 Å². The first-order valence-corrected chi connectivity index (χ1v) is 11.1. The van der Waals surface area contributed by atoms with Crippen molar-refractivity contribution in [3.8, 4) is 0 Å². The van der Waals surface area contributed by atoms with Crippen LogP contribution in [0.4, 0.5) is 0 Å². The fraction of sp³-hybridized carbons (Fsp3) is 0.316. The molecule has 0 spiro atoms. The lowest BCUT2D eigenvalue weighted by molar-refractivity contribution is -0.122. The Kier molecular flexibility index (Phi) is 5.95. The molecule has 0 saturated heterocycles. The molecule has 1 amide bonds. The minimum atomic E-state index is -3.81. The summed E-state index contributed by atoms with van der Waals surface area (Å²) in [4.78, 5) is 12.4. The van der Waals surface area contributed by atoms with Crippen molar-refractivity contribution in [1.82, 2.24) is 10.3 Å². The number of benzene rings is 1. The van der Waals surface area contributed by atoms with E-state index in [2.05, 4.69) is 30.7 Å². The number of rotatable bonds is 5. The first kappa shape index (κ1) is 21.3. The Bertz CT molecular complexity index is 1080. The lowest BCUT2D eigenvalue weighted by Crippen LogP contribution is -2.42. The highest BCUT2D eigenvalue weighted by Gasteiger charge is 2.32. The number of sulfonamides is 1. The predicted octanol–water partition coefficient (Wildman–Crippen LogP) is 3.13. The largest absolute Gasteiger partial charge is 0.448 e. The van der Waals surface area contributed by atoms with Gasteiger partial charge in [0.1, 0.15) is 10.7 Å². The summed E-state index contributed by atoms with van der Waals surface area (Å²) < 4.78 is 34.6. The van der Waals surface area contributed by atoms with Crippen molar-refractivity contribution in [2.24, 2.45) is 9.50 Å². The first-order chi connectivity index (χ1) is 13.5. The van der Waals surface area contributed by atoms with Crippen molar-refractivity contribution >= 4 is 43.9 Å². The molecule has 0 unspecified atom stereocenters. The molecule has 1 aliphatic heterocycles. The van der Waals surface area contributed by atoms with Gasteiger partial charge in [0.05, 0.1) is 12.8 Å². The highest BCUT2D eigenvalue weighted by Crippen LogP contribution is 2.27. The molecule has 0 saturated carbocycles. The van der Waals surface area contributed by atoms with Gasteiger partial charge in [0.15, 0.2) is 10.5 Å². The Morgan fingerprint density at radius 2 is 2.00 bits per heavy atom. The summed E-state index contributed by atoms with van der Waals surface area (Å²) in [5.74, 6) is 0.468. The van der Waals surface area contributed by atoms with Gasteiger partial charge in [-0.2, -0.15) is 13.5 Å². The molecule has 0 radical (unpaired) electrons. The summed E-state index contributed by atoms with van der Waals surface area (Å²) in [6.07, 6.45) is 1.56. The molecule has 3 rings (SSSR count). The minimum Gasteiger partial charge on any atom is -0.448 e. The Hall–Kier alpha value is -2.46. The fourth-order valence-electron chi connectivity index (χ4n) is 2.71. The summed E-state index contributed by atoms with van der Waals surface area (Å²) in [5.41, 5.74) is 0.0772. The molecule has 1 aromatic carbocycles. The van der Waals surface area contributed by atoms with Crippen LogP contribution in [0.5, 0.6) is 0 Å². The number of furan rings is 1. The quantitative estimate of drug-likeness (QED) is 0.522. The highest BCUT2D eigenvalue weighted by molar-refractivity contribution is 9.10. The molecule has 2 heterocycles. The standard InChI is InChI=1S/C19H21BrN4O4S/c1-19(2,3)22-17(25)10-11-24(21-12-13-8-9-16(20)28-13)18-14-6-4-5-7-15(14)29(26,27)23-18/h4-9,12H,10-11H2,1-3H3,(H,22,25). The Labute approximate surface area is 177 Å². The smallest absolute Gasteiger partial charge is 0.285 e. The van der Waals surface area contributed by atoms with E-state index in [-0.39, 0.29) is 35.1 Å². The van der Waals surface area contributed by atoms with E-state index in [1.54, 1.807) is 30.3 Å². The van der Waals surface area contributed by atoms with Crippen LogP contribution < -0.4 is 5.32 Å². The lowest BCUT2D eigenvalue weighted by atomic mass is 10.1. The second-order valence-corrected chi connectivity index (χ2v) is 9.80. The molecule has 0 aliphatic carbocycles. The monoisotopic (exact) mass is 480 g/mol. The fourth-order valence-corrected chi connectivity index (χ4v) is 4.23. The molecule has 0 fully saturated rings. The first-order valence-electron chi connectivity index (χ1n) is 8.87. The van der Waals surface area contributed by atoms with Crippen LogP contribution in [0.1, 0.15) is 38.5 Å². The number of amidine groups is 1. The summed E-state index contributed by atoms with van der Waals surface area (Å²) in [5, 5.41) is 8.62. The van der Waals surface area contributed by atoms with E-state index in [1.165, 1.54) is 17.3 Å². The number of carbonyl (C=O) groups excluding carboxylic acids is 1. The van der Waals surface area contributed by atoms with E-state index in [9.17, 15) is 13.2 Å². The van der Waals surface area contributed by atoms with Crippen LogP contribution in [0.2, 0.25) is 0 Å². The molecule has 1 aliphatic rings. The highest BCUT2D eigenvalue weighted by atomic mass is 79.9. The molecular formula is C19H21BrN4O4S. The summed E-state index contributed by atoms with van der Waals surface area (Å²) in [7, 11) is -3.81. The molecule has 10 heteroatoms. The van der Waals surface area contributed by atoms with E-state index >= 15 is 0 Å². The third-order valence-electron chi connectivity index (χ3n) is 3.84. The zero-order valence-electron chi connectivity index (χ0n) is 16.2. The van der Waals surface area contributed by atoms with Gasteiger partial charge in [-0.3, -0.25) is 4.79 Å². The van der Waals surface area contributed by atoms with E-state index < -0.39 is 10.0 Å². The van der Waals surface area contributed by atoms with Gasteiger partial charge in [-0.25, -0.2) is 5.01 Å². The second kappa shape index (κ2) is 8.11. The second-order valence-electron chi connectivity index (χ2n) is 7.44. The van der Waals surface area contributed by atoms with Crippen LogP contribution in [0.15, 0.2) is 59.9 Å². The van der Waals surface area contributed by atoms with Gasteiger partial charge in [-0.15, -0.1) is 4.40 Å². The Balaban J connectivity index is 1.89. The van der Waals surface area contributed by atoms with Crippen molar-refractivity contribution in [3.05, 3.63) is 52.4 Å². The number of nitrogens with zero attached hydrogens (tertiary/aromatic N) is 3. The van der Waals surface area contributed by atoms with Crippen LogP contribution in [0.3, 0.4) is 0 Å². The number of amides is 1. The molecule has 1 aromatic heterocycles. The maximum absolute atomic E-state index is 12.4. The van der Waals surface area contributed by atoms with Gasteiger partial charge >= 0.3 is 0 Å². The van der Waals surface area contributed by atoms with Gasteiger partial charge in [0.2, 0.25) is 5.91 Å². The van der Waals surface area contributed by atoms with E-state index in [1.807, 2.05) is 20.8 Å². The number of fused-ring (bicyclic) bond motifs is 1. The maximum atomic E-state index is 12.4. The lowest BCUT2D eigenvalue weighted by Gasteiger charge is -2.22. The van der Waals surface area contributed by atoms with Crippen molar-refractivity contribution < 1.29 is 17.6 Å². The van der Waals surface area contributed by atoms with Crippen molar-refractivity contribution in [1.29, 1.82) is 0 Å². The predicted molar refractivity (Wildman–Crippen MR) is 113 cm³/mol. The Morgan fingerprint density at radius 1 is 1.28 bits per heavy atom. The molecule has 1 N–H and O–H groups in total. The van der Waals surface area contributed by atoms with E-state index in [0.717, 1.165) is 0 Å². The van der Waals surface area contributed by atoms with E-state index in [4.69, 9.17) is 4.42 Å². The van der Waals surface area contributed by atoms with Crippen LogP contribution in [-0.2, 0) is 14.8 Å². The number of hydrazone groups is 1. The molecular weight excluding hydrogens is 460 g/mol. The van der Waals surface area contributed by atoms with E-state index in [0.29, 0.717) is 16.0 Å². The van der Waals surface area contributed by atoms with Crippen LogP contribution >= 0.6 is 15.9 Å². The number of hydrogen-bond donors (Lipinski definition) is 1. The van der Waals surface area contributed by atoms with Crippen LogP contribution in [0.25, 0.3) is 0 Å². The van der Waals surface area contributed by atoms with Gasteiger partial charge < -0.3 is 9.73 Å². The van der Waals surface area contributed by atoms with Crippen molar-refractivity contribution in [2.45, 2.75) is 37.6 Å². The zero-order valence-corrected chi connectivity index (χ0v) is 18.6. The maximum Gasteiger partial charge on any atom is 0.285 e. The Morgan fingerprint density at radius 3 is 2.66 bits per heavy atom. The number of hydrogen-bond acceptors (Lipinski definition) is 6. The van der Waals surface area contributed by atoms with Crippen LogP contribution in [-0.4, -0.2) is 43.5 Å². The minimum absolute atomic E-state index is 0.109. The van der Waals surface area contributed by atoms with Gasteiger partial charge in [0.25, 0.3) is 10.0 Å². The van der Waals surface area contributed by atoms with Gasteiger partial charge in [0, 0.05) is 17.5 Å². The van der Waals surface area contributed by atoms with Gasteiger partial charge in [-0.1, -0.05) is 12.1 Å². The third-order valence-corrected chi connectivity index (χ3v) is 5.59. The summed E-state index contributed by atoms with van der Waals surface area (Å²) in [6, 6.07) is 9.96. The molecule has 29 heavy (non-hydrogen) atoms. The van der Waals surface area contributed by atoms with Crippen molar-refractivity contribution in [2.75, 3.05) is 6.54 Å². The molecule has 2 aromatic rings. The third kappa shape index (κ3) is 5.33. The average Bonchev–Trinajstić information content (AvgIpc) is 3.15. The molecule has 0 atom stereocenters. The average molecular weight is 481 g/mol. The summed E-state index contributed by atoms with van der Waals surface area (Å²) >= 11 is 3.22. The molecule has 0 bridgehead atoms. The SMILES string of the molecule is CC(C)(C)NC(=O)CCN(N=Cc1ccc(Br)o1)C1=NS(=O)(=O)c2ccccc21. The zero-order chi connectivity index (χ0) is 21.2. The number of nitrogens with one attached hydrogen (secondary N) is 1. The van der Waals surface area contributed by atoms with Crippen molar-refractivity contribution in [3.63, 3.8) is 0 Å². The molecule has 8 nitrogen and oxygen atoms in total. The summed E-state index contributed by atoms with van der Waals surface area (Å²) in [6.45, 7) is 5.81. The van der Waals surface area contributed by atoms with Crippen LogP contribution in [0, 0.1) is 0 Å². The normalized spacial score (nSPS) is 15.2. The number of halogens is 1. The molecule has 154 valence electrons. The number of carbonyl (C=O) groups is 1. The topological polar surface area (TPSA) is 104 Å².